The van der Waals surface area contributed by atoms with Crippen molar-refractivity contribution in [2.75, 3.05) is 14.1 Å². The van der Waals surface area contributed by atoms with Gasteiger partial charge in [0.15, 0.2) is 0 Å². The summed E-state index contributed by atoms with van der Waals surface area (Å²) in [7, 11) is 3.92. The minimum Gasteiger partial charge on any atom is -0.303 e. The van der Waals surface area contributed by atoms with Crippen LogP contribution in [0.2, 0.25) is 0 Å². The molecule has 0 fully saturated rings. The Morgan fingerprint density at radius 1 is 0.636 bits per heavy atom. The summed E-state index contributed by atoms with van der Waals surface area (Å²) in [6, 6.07) is 0. The van der Waals surface area contributed by atoms with E-state index in [2.05, 4.69) is 36.3 Å². The first kappa shape index (κ1) is 20.9. The highest BCUT2D eigenvalue weighted by atomic mass is 15.4. The molecule has 0 spiro atoms. The van der Waals surface area contributed by atoms with Gasteiger partial charge in [-0.25, -0.2) is 0 Å². The van der Waals surface area contributed by atoms with Crippen molar-refractivity contribution in [3.63, 3.8) is 0 Å². The number of unbranched alkanes of at least 4 members (excludes halogenated alkanes) is 9. The lowest BCUT2D eigenvalue weighted by Gasteiger charge is -2.01. The van der Waals surface area contributed by atoms with E-state index in [1.54, 1.807) is 0 Å². The van der Waals surface area contributed by atoms with Crippen LogP contribution in [0.5, 0.6) is 0 Å². The Bertz CT molecular complexity index is 290. The molecular weight excluding hydrogens is 268 g/mol. The maximum atomic E-state index is 4.21. The zero-order valence-electron chi connectivity index (χ0n) is 15.3. The standard InChI is InChI=1S/C20H38N2/c1-4-5-6-7-8-9-10-11-12-13-14-15-16-17-18-19-20-21-22(2)3/h9-10,14-15,20H,4-8,11-13,16-19H2,1-3H3/b10-9+,15-14-,21-20+. The van der Waals surface area contributed by atoms with Crippen molar-refractivity contribution >= 4 is 6.21 Å². The van der Waals surface area contributed by atoms with Gasteiger partial charge in [-0.3, -0.25) is 0 Å². The lowest BCUT2D eigenvalue weighted by molar-refractivity contribution is 0.438. The van der Waals surface area contributed by atoms with E-state index < -0.39 is 0 Å². The molecule has 0 aliphatic carbocycles. The molecule has 0 amide bonds. The van der Waals surface area contributed by atoms with Crippen LogP contribution in [0.15, 0.2) is 29.4 Å². The Balaban J connectivity index is 3.22. The SMILES string of the molecule is CCCCCC/C=C/CCC/C=C\CCCC/C=N/N(C)C. The Kier molecular flexibility index (Phi) is 17.1. The molecule has 0 N–H and O–H groups in total. The third kappa shape index (κ3) is 18.9. The van der Waals surface area contributed by atoms with E-state index in [4.69, 9.17) is 0 Å². The first-order chi connectivity index (χ1) is 10.8. The molecule has 0 saturated heterocycles. The number of hydrazone groups is 1. The van der Waals surface area contributed by atoms with Crippen molar-refractivity contribution in [1.29, 1.82) is 0 Å². The molecule has 0 aliphatic rings. The van der Waals surface area contributed by atoms with Gasteiger partial charge in [-0.2, -0.15) is 5.10 Å². The average Bonchev–Trinajstić information content (AvgIpc) is 2.50. The summed E-state index contributed by atoms with van der Waals surface area (Å²) < 4.78 is 0. The average molecular weight is 307 g/mol. The second kappa shape index (κ2) is 18.0. The Hall–Kier alpha value is -1.05. The summed E-state index contributed by atoms with van der Waals surface area (Å²) >= 11 is 0. The van der Waals surface area contributed by atoms with Crippen molar-refractivity contribution in [3.8, 4) is 0 Å². The number of rotatable bonds is 15. The fourth-order valence-corrected chi connectivity index (χ4v) is 2.23. The third-order valence-corrected chi connectivity index (χ3v) is 3.57. The predicted molar refractivity (Wildman–Crippen MR) is 102 cm³/mol. The van der Waals surface area contributed by atoms with Crippen LogP contribution >= 0.6 is 0 Å². The molecule has 0 bridgehead atoms. The summed E-state index contributed by atoms with van der Waals surface area (Å²) in [5, 5.41) is 6.06. The second-order valence-electron chi connectivity index (χ2n) is 6.15. The smallest absolute Gasteiger partial charge is 0.0244 e. The van der Waals surface area contributed by atoms with Crippen LogP contribution in [0.1, 0.15) is 84.0 Å². The minimum atomic E-state index is 1.09. The summed E-state index contributed by atoms with van der Waals surface area (Å²) in [4.78, 5) is 0. The monoisotopic (exact) mass is 306 g/mol. The number of allylic oxidation sites excluding steroid dienone is 4. The van der Waals surface area contributed by atoms with Crippen molar-refractivity contribution in [2.24, 2.45) is 5.10 Å². The normalized spacial score (nSPS) is 12.1. The lowest BCUT2D eigenvalue weighted by atomic mass is 10.1. The van der Waals surface area contributed by atoms with E-state index in [9.17, 15) is 0 Å². The Labute approximate surface area is 139 Å². The number of hydrogen-bond donors (Lipinski definition) is 0. The van der Waals surface area contributed by atoms with E-state index in [1.807, 2.05) is 25.3 Å². The summed E-state index contributed by atoms with van der Waals surface area (Å²) in [6.07, 6.45) is 26.8. The van der Waals surface area contributed by atoms with Gasteiger partial charge in [0, 0.05) is 20.3 Å². The minimum absolute atomic E-state index is 1.09. The molecule has 0 aromatic rings. The van der Waals surface area contributed by atoms with Crippen molar-refractivity contribution < 1.29 is 0 Å². The van der Waals surface area contributed by atoms with Crippen LogP contribution in [-0.4, -0.2) is 25.3 Å². The highest BCUT2D eigenvalue weighted by molar-refractivity contribution is 5.56. The van der Waals surface area contributed by atoms with Gasteiger partial charge in [-0.15, -0.1) is 0 Å². The molecule has 0 rings (SSSR count). The van der Waals surface area contributed by atoms with Crippen molar-refractivity contribution in [2.45, 2.75) is 84.0 Å². The Morgan fingerprint density at radius 3 is 1.68 bits per heavy atom. The first-order valence-corrected chi connectivity index (χ1v) is 9.27. The molecule has 2 heteroatoms. The maximum Gasteiger partial charge on any atom is 0.0244 e. The van der Waals surface area contributed by atoms with Gasteiger partial charge in [0.1, 0.15) is 0 Å². The topological polar surface area (TPSA) is 15.6 Å². The summed E-state index contributed by atoms with van der Waals surface area (Å²) in [5.41, 5.74) is 0. The van der Waals surface area contributed by atoms with Gasteiger partial charge in [0.05, 0.1) is 0 Å². The highest BCUT2D eigenvalue weighted by Gasteiger charge is 1.86. The summed E-state index contributed by atoms with van der Waals surface area (Å²) in [5.74, 6) is 0. The fraction of sp³-hybridized carbons (Fsp3) is 0.750. The molecule has 128 valence electrons. The largest absolute Gasteiger partial charge is 0.303 e. The molecule has 0 aromatic heterocycles. The van der Waals surface area contributed by atoms with E-state index in [0.717, 1.165) is 6.42 Å². The van der Waals surface area contributed by atoms with E-state index >= 15 is 0 Å². The van der Waals surface area contributed by atoms with Crippen LogP contribution in [0.25, 0.3) is 0 Å². The highest BCUT2D eigenvalue weighted by Crippen LogP contribution is 2.05. The van der Waals surface area contributed by atoms with E-state index in [-0.39, 0.29) is 0 Å². The van der Waals surface area contributed by atoms with Gasteiger partial charge < -0.3 is 5.01 Å². The number of nitrogens with zero attached hydrogens (tertiary/aromatic N) is 2. The van der Waals surface area contributed by atoms with Crippen LogP contribution in [0, 0.1) is 0 Å². The van der Waals surface area contributed by atoms with Gasteiger partial charge in [-0.1, -0.05) is 50.5 Å². The molecule has 0 aliphatic heterocycles. The molecule has 0 radical (unpaired) electrons. The van der Waals surface area contributed by atoms with Crippen LogP contribution < -0.4 is 0 Å². The molecule has 0 saturated carbocycles. The van der Waals surface area contributed by atoms with Gasteiger partial charge >= 0.3 is 0 Å². The third-order valence-electron chi connectivity index (χ3n) is 3.57. The van der Waals surface area contributed by atoms with Crippen molar-refractivity contribution in [1.82, 2.24) is 5.01 Å². The van der Waals surface area contributed by atoms with E-state index in [0.29, 0.717) is 0 Å². The molecule has 0 atom stereocenters. The fourth-order valence-electron chi connectivity index (χ4n) is 2.23. The van der Waals surface area contributed by atoms with Gasteiger partial charge in [0.2, 0.25) is 0 Å². The zero-order valence-corrected chi connectivity index (χ0v) is 15.3. The van der Waals surface area contributed by atoms with Crippen molar-refractivity contribution in [3.05, 3.63) is 24.3 Å². The molecule has 0 heterocycles. The molecule has 0 unspecified atom stereocenters. The molecular formula is C20H38N2. The summed E-state index contributed by atoms with van der Waals surface area (Å²) in [6.45, 7) is 2.27. The second-order valence-corrected chi connectivity index (χ2v) is 6.15. The van der Waals surface area contributed by atoms with Gasteiger partial charge in [0.25, 0.3) is 0 Å². The van der Waals surface area contributed by atoms with E-state index in [1.165, 1.54) is 70.6 Å². The molecule has 0 aromatic carbocycles. The molecule has 22 heavy (non-hydrogen) atoms. The maximum absolute atomic E-state index is 4.21. The number of hydrogen-bond acceptors (Lipinski definition) is 2. The molecule has 2 nitrogen and oxygen atoms in total. The van der Waals surface area contributed by atoms with Crippen LogP contribution in [0.4, 0.5) is 0 Å². The quantitative estimate of drug-likeness (QED) is 0.149. The lowest BCUT2D eigenvalue weighted by Crippen LogP contribution is -2.01. The van der Waals surface area contributed by atoms with Crippen LogP contribution in [0.3, 0.4) is 0 Å². The Morgan fingerprint density at radius 2 is 1.14 bits per heavy atom. The first-order valence-electron chi connectivity index (χ1n) is 9.27. The zero-order chi connectivity index (χ0) is 16.3. The van der Waals surface area contributed by atoms with Gasteiger partial charge in [-0.05, 0) is 57.8 Å². The predicted octanol–water partition coefficient (Wildman–Crippen LogP) is 6.35. The van der Waals surface area contributed by atoms with Crippen LogP contribution in [-0.2, 0) is 0 Å².